The van der Waals surface area contributed by atoms with Crippen molar-refractivity contribution >= 4 is 27.3 Å². The van der Waals surface area contributed by atoms with E-state index in [1.165, 1.54) is 30.7 Å². The highest BCUT2D eigenvalue weighted by Crippen LogP contribution is 2.34. The maximum Gasteiger partial charge on any atom is 0.264 e. The van der Waals surface area contributed by atoms with Crippen LogP contribution in [0.25, 0.3) is 0 Å². The molecule has 0 aliphatic carbocycles. The molecule has 2 aromatic rings. The van der Waals surface area contributed by atoms with E-state index in [1.807, 2.05) is 0 Å². The predicted molar refractivity (Wildman–Crippen MR) is 95.9 cm³/mol. The van der Waals surface area contributed by atoms with Gasteiger partial charge in [-0.25, -0.2) is 8.42 Å². The average molecular weight is 370 g/mol. The Morgan fingerprint density at radius 1 is 1.08 bits per heavy atom. The fourth-order valence-corrected chi connectivity index (χ4v) is 4.16. The molecule has 0 saturated carbocycles. The number of rotatable bonds is 6. The minimum absolute atomic E-state index is 0.126. The molecule has 0 heterocycles. The smallest absolute Gasteiger partial charge is 0.264 e. The summed E-state index contributed by atoms with van der Waals surface area (Å²) in [5.74, 6) is 0.830. The van der Waals surface area contributed by atoms with Crippen LogP contribution in [0, 0.1) is 6.92 Å². The summed E-state index contributed by atoms with van der Waals surface area (Å²) in [5.41, 5.74) is 1.27. The van der Waals surface area contributed by atoms with Crippen molar-refractivity contribution in [2.45, 2.75) is 18.7 Å². The Kier molecular flexibility index (Phi) is 5.62. The van der Waals surface area contributed by atoms with E-state index in [1.54, 1.807) is 38.1 Å². The summed E-state index contributed by atoms with van der Waals surface area (Å²) >= 11 is 6.14. The van der Waals surface area contributed by atoms with Gasteiger partial charge in [0.05, 0.1) is 24.8 Å². The van der Waals surface area contributed by atoms with Crippen LogP contribution in [-0.2, 0) is 10.0 Å². The Morgan fingerprint density at radius 3 is 2.33 bits per heavy atom. The van der Waals surface area contributed by atoms with E-state index in [0.29, 0.717) is 27.8 Å². The van der Waals surface area contributed by atoms with E-state index in [2.05, 4.69) is 0 Å². The molecule has 0 N–H and O–H groups in total. The van der Waals surface area contributed by atoms with Crippen LogP contribution in [0.2, 0.25) is 5.02 Å². The molecular weight excluding hydrogens is 350 g/mol. The van der Waals surface area contributed by atoms with Crippen LogP contribution in [-0.4, -0.2) is 29.2 Å². The molecule has 130 valence electrons. The van der Waals surface area contributed by atoms with Crippen LogP contribution in [0.5, 0.6) is 11.5 Å². The fourth-order valence-electron chi connectivity index (χ4n) is 2.44. The first kappa shape index (κ1) is 18.4. The van der Waals surface area contributed by atoms with Gasteiger partial charge in [0, 0.05) is 17.6 Å². The third kappa shape index (κ3) is 3.30. The van der Waals surface area contributed by atoms with Gasteiger partial charge < -0.3 is 9.47 Å². The summed E-state index contributed by atoms with van der Waals surface area (Å²) in [6.45, 7) is 3.85. The molecule has 0 spiro atoms. The first-order valence-corrected chi connectivity index (χ1v) is 9.18. The Labute approximate surface area is 147 Å². The largest absolute Gasteiger partial charge is 0.493 e. The first-order valence-electron chi connectivity index (χ1n) is 7.36. The lowest BCUT2D eigenvalue weighted by Crippen LogP contribution is -2.31. The molecule has 0 saturated heterocycles. The van der Waals surface area contributed by atoms with Crippen molar-refractivity contribution in [1.82, 2.24) is 0 Å². The maximum atomic E-state index is 13.1. The summed E-state index contributed by atoms with van der Waals surface area (Å²) in [6, 6.07) is 9.73. The maximum absolute atomic E-state index is 13.1. The highest BCUT2D eigenvalue weighted by Gasteiger charge is 2.26. The second kappa shape index (κ2) is 7.32. The summed E-state index contributed by atoms with van der Waals surface area (Å²) in [4.78, 5) is 0.126. The second-order valence-electron chi connectivity index (χ2n) is 5.07. The highest BCUT2D eigenvalue weighted by molar-refractivity contribution is 7.92. The zero-order valence-corrected chi connectivity index (χ0v) is 15.6. The summed E-state index contributed by atoms with van der Waals surface area (Å²) in [7, 11) is -0.797. The number of methoxy groups -OCH3 is 2. The SMILES string of the molecule is CCN(c1cccc(Cl)c1C)S(=O)(=O)c1ccc(OC)c(OC)c1. The predicted octanol–water partition coefficient (Wildman–Crippen LogP) is 3.88. The van der Waals surface area contributed by atoms with Gasteiger partial charge in [0.2, 0.25) is 0 Å². The monoisotopic (exact) mass is 369 g/mol. The average Bonchev–Trinajstić information content (AvgIpc) is 2.58. The Balaban J connectivity index is 2.57. The summed E-state index contributed by atoms with van der Waals surface area (Å²) in [6.07, 6.45) is 0. The Hall–Kier alpha value is -1.92. The topological polar surface area (TPSA) is 55.8 Å². The molecule has 2 aromatic carbocycles. The van der Waals surface area contributed by atoms with Crippen LogP contribution >= 0.6 is 11.6 Å². The minimum atomic E-state index is -3.76. The van der Waals surface area contributed by atoms with Crippen molar-refractivity contribution in [2.24, 2.45) is 0 Å². The van der Waals surface area contributed by atoms with Gasteiger partial charge in [0.25, 0.3) is 10.0 Å². The molecule has 0 fully saturated rings. The zero-order chi connectivity index (χ0) is 17.9. The van der Waals surface area contributed by atoms with Crippen LogP contribution in [0.15, 0.2) is 41.3 Å². The van der Waals surface area contributed by atoms with Gasteiger partial charge in [-0.15, -0.1) is 0 Å². The van der Waals surface area contributed by atoms with E-state index in [-0.39, 0.29) is 11.4 Å². The molecule has 7 heteroatoms. The van der Waals surface area contributed by atoms with Crippen molar-refractivity contribution in [3.63, 3.8) is 0 Å². The van der Waals surface area contributed by atoms with Crippen LogP contribution in [0.3, 0.4) is 0 Å². The number of anilines is 1. The number of nitrogens with zero attached hydrogens (tertiary/aromatic N) is 1. The van der Waals surface area contributed by atoms with Gasteiger partial charge in [-0.3, -0.25) is 4.31 Å². The van der Waals surface area contributed by atoms with E-state index in [4.69, 9.17) is 21.1 Å². The van der Waals surface area contributed by atoms with Crippen molar-refractivity contribution in [3.8, 4) is 11.5 Å². The molecule has 0 radical (unpaired) electrons. The number of ether oxygens (including phenoxy) is 2. The molecule has 0 atom stereocenters. The third-order valence-corrected chi connectivity index (χ3v) is 6.03. The normalized spacial score (nSPS) is 11.2. The van der Waals surface area contributed by atoms with Crippen molar-refractivity contribution in [3.05, 3.63) is 47.0 Å². The van der Waals surface area contributed by atoms with Gasteiger partial charge in [0.15, 0.2) is 11.5 Å². The number of halogens is 1. The van der Waals surface area contributed by atoms with E-state index >= 15 is 0 Å². The Bertz CT molecular complexity index is 836. The van der Waals surface area contributed by atoms with E-state index in [0.717, 1.165) is 0 Å². The van der Waals surface area contributed by atoms with Gasteiger partial charge in [-0.2, -0.15) is 0 Å². The number of hydrogen-bond donors (Lipinski definition) is 0. The molecule has 0 aromatic heterocycles. The molecule has 0 unspecified atom stereocenters. The lowest BCUT2D eigenvalue weighted by atomic mass is 10.2. The molecule has 5 nitrogen and oxygen atoms in total. The number of sulfonamides is 1. The summed E-state index contributed by atoms with van der Waals surface area (Å²) in [5, 5.41) is 0.522. The molecule has 24 heavy (non-hydrogen) atoms. The number of hydrogen-bond acceptors (Lipinski definition) is 4. The third-order valence-electron chi connectivity index (χ3n) is 3.74. The molecule has 2 rings (SSSR count). The molecular formula is C17H20ClNO4S. The summed E-state index contributed by atoms with van der Waals surface area (Å²) < 4.78 is 37.9. The van der Waals surface area contributed by atoms with Crippen LogP contribution in [0.4, 0.5) is 5.69 Å². The van der Waals surface area contributed by atoms with Gasteiger partial charge in [0.1, 0.15) is 0 Å². The molecule has 0 amide bonds. The van der Waals surface area contributed by atoms with Crippen molar-refractivity contribution in [1.29, 1.82) is 0 Å². The van der Waals surface area contributed by atoms with Crippen LogP contribution in [0.1, 0.15) is 12.5 Å². The highest BCUT2D eigenvalue weighted by atomic mass is 35.5. The van der Waals surface area contributed by atoms with Gasteiger partial charge >= 0.3 is 0 Å². The first-order chi connectivity index (χ1) is 11.4. The van der Waals surface area contributed by atoms with Crippen molar-refractivity contribution < 1.29 is 17.9 Å². The lowest BCUT2D eigenvalue weighted by Gasteiger charge is -2.25. The van der Waals surface area contributed by atoms with Crippen LogP contribution < -0.4 is 13.8 Å². The number of benzene rings is 2. The quantitative estimate of drug-likeness (QED) is 0.775. The fraction of sp³-hybridized carbons (Fsp3) is 0.294. The zero-order valence-electron chi connectivity index (χ0n) is 14.0. The molecule has 0 bridgehead atoms. The van der Waals surface area contributed by atoms with Crippen molar-refractivity contribution in [2.75, 3.05) is 25.1 Å². The standard InChI is InChI=1S/C17H20ClNO4S/c1-5-19(15-8-6-7-14(18)12(15)2)24(20,21)13-9-10-16(22-3)17(11-13)23-4/h6-11H,5H2,1-4H3. The van der Waals surface area contributed by atoms with E-state index < -0.39 is 10.0 Å². The second-order valence-corrected chi connectivity index (χ2v) is 7.34. The molecule has 0 aliphatic heterocycles. The van der Waals surface area contributed by atoms with Gasteiger partial charge in [-0.1, -0.05) is 17.7 Å². The lowest BCUT2D eigenvalue weighted by molar-refractivity contribution is 0.354. The van der Waals surface area contributed by atoms with E-state index in [9.17, 15) is 8.42 Å². The Morgan fingerprint density at radius 2 is 1.75 bits per heavy atom. The minimum Gasteiger partial charge on any atom is -0.493 e. The van der Waals surface area contributed by atoms with Gasteiger partial charge in [-0.05, 0) is 43.7 Å². The molecule has 0 aliphatic rings.